The van der Waals surface area contributed by atoms with Crippen LogP contribution < -0.4 is 10.6 Å². The molecule has 2 N–H and O–H groups in total. The largest absolute Gasteiger partial charge is 0.348 e. The zero-order valence-electron chi connectivity index (χ0n) is 9.32. The molecule has 0 spiro atoms. The molecule has 1 heterocycles. The second-order valence-electron chi connectivity index (χ2n) is 3.71. The third-order valence-electron chi connectivity index (χ3n) is 2.53. The molecular weight excluding hydrogens is 194 g/mol. The van der Waals surface area contributed by atoms with E-state index >= 15 is 0 Å². The molecule has 4 heteroatoms. The van der Waals surface area contributed by atoms with E-state index in [1.54, 1.807) is 11.3 Å². The van der Waals surface area contributed by atoms with Crippen molar-refractivity contribution in [2.75, 3.05) is 11.9 Å². The van der Waals surface area contributed by atoms with Gasteiger partial charge in [0.05, 0.1) is 5.69 Å². The zero-order chi connectivity index (χ0) is 10.7. The summed E-state index contributed by atoms with van der Waals surface area (Å²) in [4.78, 5) is 6.70. The lowest BCUT2D eigenvalue weighted by Crippen LogP contribution is -2.27. The van der Waals surface area contributed by atoms with Crippen LogP contribution in [-0.2, 0) is 0 Å². The van der Waals surface area contributed by atoms with Gasteiger partial charge in [-0.2, -0.15) is 0 Å². The van der Waals surface area contributed by atoms with Crippen molar-refractivity contribution in [1.82, 2.24) is 4.98 Å². The van der Waals surface area contributed by atoms with Gasteiger partial charge in [0.15, 0.2) is 5.13 Å². The lowest BCUT2D eigenvalue weighted by molar-refractivity contribution is 0.659. The number of nitrogens with two attached hydrogens (primary N) is 1. The van der Waals surface area contributed by atoms with Crippen LogP contribution in [0.15, 0.2) is 5.38 Å². The molecule has 1 aromatic heterocycles. The highest BCUT2D eigenvalue weighted by Gasteiger charge is 2.12. The molecule has 0 aliphatic rings. The van der Waals surface area contributed by atoms with Crippen molar-refractivity contribution in [3.05, 3.63) is 11.1 Å². The highest BCUT2D eigenvalue weighted by Crippen LogP contribution is 2.24. The van der Waals surface area contributed by atoms with E-state index in [9.17, 15) is 0 Å². The van der Waals surface area contributed by atoms with E-state index in [0.717, 1.165) is 17.2 Å². The van der Waals surface area contributed by atoms with Crippen molar-refractivity contribution < 1.29 is 0 Å². The third kappa shape index (κ3) is 2.45. The Balaban J connectivity index is 2.76. The van der Waals surface area contributed by atoms with E-state index in [1.165, 1.54) is 0 Å². The molecule has 0 bridgehead atoms. The summed E-state index contributed by atoms with van der Waals surface area (Å²) in [6.45, 7) is 6.34. The Morgan fingerprint density at radius 1 is 1.57 bits per heavy atom. The van der Waals surface area contributed by atoms with E-state index in [-0.39, 0.29) is 6.04 Å². The molecule has 80 valence electrons. The number of hydrogen-bond acceptors (Lipinski definition) is 4. The van der Waals surface area contributed by atoms with Crippen molar-refractivity contribution in [2.24, 2.45) is 5.73 Å². The smallest absolute Gasteiger partial charge is 0.185 e. The SMILES string of the molecule is CCC(C)N(C)c1nc(C(C)N)cs1. The first kappa shape index (κ1) is 11.5. The summed E-state index contributed by atoms with van der Waals surface area (Å²) < 4.78 is 0. The maximum Gasteiger partial charge on any atom is 0.185 e. The van der Waals surface area contributed by atoms with Gasteiger partial charge in [-0.15, -0.1) is 11.3 Å². The fourth-order valence-electron chi connectivity index (χ4n) is 1.11. The predicted molar refractivity (Wildman–Crippen MR) is 62.9 cm³/mol. The van der Waals surface area contributed by atoms with Gasteiger partial charge in [-0.25, -0.2) is 4.98 Å². The van der Waals surface area contributed by atoms with Crippen molar-refractivity contribution in [3.63, 3.8) is 0 Å². The van der Waals surface area contributed by atoms with Crippen LogP contribution in [0.1, 0.15) is 38.9 Å². The van der Waals surface area contributed by atoms with Crippen LogP contribution in [0.25, 0.3) is 0 Å². The maximum absolute atomic E-state index is 5.76. The number of hydrogen-bond donors (Lipinski definition) is 1. The molecule has 3 nitrogen and oxygen atoms in total. The molecule has 0 aliphatic heterocycles. The first-order valence-electron chi connectivity index (χ1n) is 5.00. The normalized spacial score (nSPS) is 15.2. The number of aromatic nitrogens is 1. The van der Waals surface area contributed by atoms with Gasteiger partial charge in [-0.1, -0.05) is 6.92 Å². The Kier molecular flexibility index (Phi) is 3.89. The van der Waals surface area contributed by atoms with Crippen LogP contribution in [-0.4, -0.2) is 18.1 Å². The van der Waals surface area contributed by atoms with Gasteiger partial charge >= 0.3 is 0 Å². The Morgan fingerprint density at radius 3 is 2.64 bits per heavy atom. The van der Waals surface area contributed by atoms with Gasteiger partial charge in [-0.3, -0.25) is 0 Å². The van der Waals surface area contributed by atoms with Gasteiger partial charge in [0, 0.05) is 24.5 Å². The number of thiazole rings is 1. The first-order chi connectivity index (χ1) is 6.56. The molecule has 0 radical (unpaired) electrons. The van der Waals surface area contributed by atoms with E-state index in [0.29, 0.717) is 6.04 Å². The van der Waals surface area contributed by atoms with Crippen LogP contribution in [0, 0.1) is 0 Å². The molecule has 1 aromatic rings. The summed E-state index contributed by atoms with van der Waals surface area (Å²) in [6.07, 6.45) is 1.13. The Hall–Kier alpha value is -0.610. The minimum absolute atomic E-state index is 0.0327. The molecule has 0 amide bonds. The van der Waals surface area contributed by atoms with E-state index in [1.807, 2.05) is 12.3 Å². The average molecular weight is 213 g/mol. The lowest BCUT2D eigenvalue weighted by Gasteiger charge is -2.22. The summed E-state index contributed by atoms with van der Waals surface area (Å²) in [7, 11) is 2.08. The second kappa shape index (κ2) is 4.75. The molecule has 0 aliphatic carbocycles. The second-order valence-corrected chi connectivity index (χ2v) is 4.55. The van der Waals surface area contributed by atoms with Crippen molar-refractivity contribution in [2.45, 2.75) is 39.3 Å². The molecule has 0 aromatic carbocycles. The highest BCUT2D eigenvalue weighted by molar-refractivity contribution is 7.13. The number of nitrogens with zero attached hydrogens (tertiary/aromatic N) is 2. The zero-order valence-corrected chi connectivity index (χ0v) is 10.1. The summed E-state index contributed by atoms with van der Waals surface area (Å²) in [5, 5.41) is 3.10. The van der Waals surface area contributed by atoms with Crippen LogP contribution >= 0.6 is 11.3 Å². The summed E-state index contributed by atoms with van der Waals surface area (Å²) in [5.41, 5.74) is 6.75. The van der Waals surface area contributed by atoms with Crippen LogP contribution in [0.2, 0.25) is 0 Å². The molecule has 2 unspecified atom stereocenters. The minimum Gasteiger partial charge on any atom is -0.348 e. The molecule has 0 saturated carbocycles. The Labute approximate surface area is 89.9 Å². The van der Waals surface area contributed by atoms with Crippen molar-refractivity contribution in [1.29, 1.82) is 0 Å². The molecule has 0 saturated heterocycles. The van der Waals surface area contributed by atoms with Crippen LogP contribution in [0.5, 0.6) is 0 Å². The summed E-state index contributed by atoms with van der Waals surface area (Å²) in [6, 6.07) is 0.562. The molecular formula is C10H19N3S. The van der Waals surface area contributed by atoms with Crippen LogP contribution in [0.4, 0.5) is 5.13 Å². The van der Waals surface area contributed by atoms with Gasteiger partial charge in [0.2, 0.25) is 0 Å². The predicted octanol–water partition coefficient (Wildman–Crippen LogP) is 2.40. The molecule has 1 rings (SSSR count). The van der Waals surface area contributed by atoms with Gasteiger partial charge < -0.3 is 10.6 Å². The van der Waals surface area contributed by atoms with E-state index in [2.05, 4.69) is 30.8 Å². The van der Waals surface area contributed by atoms with Gasteiger partial charge in [-0.05, 0) is 20.3 Å². The minimum atomic E-state index is 0.0327. The third-order valence-corrected chi connectivity index (χ3v) is 3.48. The Morgan fingerprint density at radius 2 is 2.21 bits per heavy atom. The first-order valence-corrected chi connectivity index (χ1v) is 5.88. The summed E-state index contributed by atoms with van der Waals surface area (Å²) in [5.74, 6) is 0. The fraction of sp³-hybridized carbons (Fsp3) is 0.700. The maximum atomic E-state index is 5.76. The Bertz CT molecular complexity index is 283. The molecule has 2 atom stereocenters. The van der Waals surface area contributed by atoms with Crippen LogP contribution in [0.3, 0.4) is 0 Å². The average Bonchev–Trinajstić information content (AvgIpc) is 2.64. The lowest BCUT2D eigenvalue weighted by atomic mass is 10.2. The number of rotatable bonds is 4. The van der Waals surface area contributed by atoms with E-state index in [4.69, 9.17) is 5.73 Å². The summed E-state index contributed by atoms with van der Waals surface area (Å²) >= 11 is 1.66. The van der Waals surface area contributed by atoms with Crippen molar-refractivity contribution in [3.8, 4) is 0 Å². The fourth-order valence-corrected chi connectivity index (χ4v) is 2.11. The van der Waals surface area contributed by atoms with E-state index < -0.39 is 0 Å². The number of anilines is 1. The van der Waals surface area contributed by atoms with Gasteiger partial charge in [0.25, 0.3) is 0 Å². The monoisotopic (exact) mass is 213 g/mol. The quantitative estimate of drug-likeness (QED) is 0.835. The standard InChI is InChI=1S/C10H19N3S/c1-5-7(2)13(4)10-12-9(6-14-10)8(3)11/h6-8H,5,11H2,1-4H3. The van der Waals surface area contributed by atoms with Gasteiger partial charge in [0.1, 0.15) is 0 Å². The highest BCUT2D eigenvalue weighted by atomic mass is 32.1. The topological polar surface area (TPSA) is 42.2 Å². The van der Waals surface area contributed by atoms with Crippen molar-refractivity contribution >= 4 is 16.5 Å². The molecule has 0 fully saturated rings. The molecule has 14 heavy (non-hydrogen) atoms.